The topological polar surface area (TPSA) is 15.3 Å². The summed E-state index contributed by atoms with van der Waals surface area (Å²) < 4.78 is 13.5. The van der Waals surface area contributed by atoms with Gasteiger partial charge in [-0.05, 0) is 30.0 Å². The second-order valence-corrected chi connectivity index (χ2v) is 5.55. The molecular formula is C16H26ClFN2. The van der Waals surface area contributed by atoms with Gasteiger partial charge in [-0.1, -0.05) is 32.4 Å². The molecule has 2 atom stereocenters. The Hall–Kier alpha value is -0.640. The van der Waals surface area contributed by atoms with E-state index in [4.69, 9.17) is 0 Å². The number of benzene rings is 1. The van der Waals surface area contributed by atoms with Gasteiger partial charge in [0.2, 0.25) is 0 Å². The van der Waals surface area contributed by atoms with Crippen molar-refractivity contribution in [1.82, 2.24) is 10.2 Å². The zero-order valence-electron chi connectivity index (χ0n) is 12.4. The van der Waals surface area contributed by atoms with Crippen molar-refractivity contribution in [3.63, 3.8) is 0 Å². The Kier molecular flexibility index (Phi) is 7.49. The summed E-state index contributed by atoms with van der Waals surface area (Å²) in [6, 6.07) is 7.49. The van der Waals surface area contributed by atoms with Gasteiger partial charge < -0.3 is 5.32 Å². The summed E-state index contributed by atoms with van der Waals surface area (Å²) in [6.07, 6.45) is 2.37. The second kappa shape index (κ2) is 8.60. The number of nitrogens with one attached hydrogen (secondary N) is 1. The second-order valence-electron chi connectivity index (χ2n) is 5.55. The Morgan fingerprint density at radius 1 is 1.30 bits per heavy atom. The maximum atomic E-state index is 13.5. The first-order valence-corrected chi connectivity index (χ1v) is 7.42. The number of piperazine rings is 1. The summed E-state index contributed by atoms with van der Waals surface area (Å²) in [5.74, 6) is 0.436. The molecule has 0 spiro atoms. The summed E-state index contributed by atoms with van der Waals surface area (Å²) in [4.78, 5) is 2.51. The molecule has 1 aliphatic heterocycles. The van der Waals surface area contributed by atoms with Crippen molar-refractivity contribution >= 4 is 12.4 Å². The van der Waals surface area contributed by atoms with E-state index < -0.39 is 0 Å². The Labute approximate surface area is 128 Å². The van der Waals surface area contributed by atoms with E-state index in [0.717, 1.165) is 31.7 Å². The molecule has 1 aliphatic rings. The summed E-state index contributed by atoms with van der Waals surface area (Å²) in [5.41, 5.74) is 1.13. The third kappa shape index (κ3) is 4.44. The fourth-order valence-electron chi connectivity index (χ4n) is 3.16. The molecule has 0 amide bonds. The molecule has 0 bridgehead atoms. The van der Waals surface area contributed by atoms with Crippen molar-refractivity contribution in [2.75, 3.05) is 26.2 Å². The number of halogens is 2. The molecule has 0 radical (unpaired) electrons. The molecule has 1 fully saturated rings. The van der Waals surface area contributed by atoms with Crippen LogP contribution in [0.4, 0.5) is 4.39 Å². The highest BCUT2D eigenvalue weighted by molar-refractivity contribution is 5.85. The lowest BCUT2D eigenvalue weighted by Gasteiger charge is -2.38. The first kappa shape index (κ1) is 17.4. The zero-order chi connectivity index (χ0) is 13.7. The standard InChI is InChI=1S/C16H25FN2.ClH/c1-3-5-13(2)16(19-10-8-18-9-11-19)14-6-4-7-15(17)12-14;/h4,6-7,12-13,16,18H,3,5,8-11H2,1-2H3;1H/t13?,16-;/m1./s1. The van der Waals surface area contributed by atoms with Crippen molar-refractivity contribution in [2.24, 2.45) is 5.92 Å². The average Bonchev–Trinajstić information content (AvgIpc) is 2.40. The van der Waals surface area contributed by atoms with Crippen LogP contribution in [0.2, 0.25) is 0 Å². The summed E-state index contributed by atoms with van der Waals surface area (Å²) in [6.45, 7) is 8.68. The van der Waals surface area contributed by atoms with Gasteiger partial charge in [0, 0.05) is 32.2 Å². The van der Waals surface area contributed by atoms with Crippen molar-refractivity contribution in [2.45, 2.75) is 32.7 Å². The van der Waals surface area contributed by atoms with Crippen LogP contribution in [-0.4, -0.2) is 31.1 Å². The number of hydrogen-bond donors (Lipinski definition) is 1. The van der Waals surface area contributed by atoms with Crippen LogP contribution in [0, 0.1) is 11.7 Å². The molecule has 2 nitrogen and oxygen atoms in total. The highest BCUT2D eigenvalue weighted by Crippen LogP contribution is 2.32. The van der Waals surface area contributed by atoms with Crippen LogP contribution < -0.4 is 5.32 Å². The van der Waals surface area contributed by atoms with Crippen LogP contribution in [0.5, 0.6) is 0 Å². The summed E-state index contributed by atoms with van der Waals surface area (Å²) in [7, 11) is 0. The molecule has 0 saturated carbocycles. The first-order valence-electron chi connectivity index (χ1n) is 7.42. The SMILES string of the molecule is CCCC(C)[C@H](c1cccc(F)c1)N1CCNCC1.Cl. The van der Waals surface area contributed by atoms with Gasteiger partial charge >= 0.3 is 0 Å². The summed E-state index contributed by atoms with van der Waals surface area (Å²) >= 11 is 0. The zero-order valence-corrected chi connectivity index (χ0v) is 13.3. The lowest BCUT2D eigenvalue weighted by Crippen LogP contribution is -2.46. The Bertz CT molecular complexity index is 394. The van der Waals surface area contributed by atoms with Crippen LogP contribution in [0.15, 0.2) is 24.3 Å². The van der Waals surface area contributed by atoms with E-state index in [9.17, 15) is 4.39 Å². The molecule has 1 aromatic carbocycles. The number of hydrogen-bond acceptors (Lipinski definition) is 2. The third-order valence-electron chi connectivity index (χ3n) is 4.02. The molecule has 20 heavy (non-hydrogen) atoms. The molecule has 2 rings (SSSR count). The van der Waals surface area contributed by atoms with E-state index in [1.54, 1.807) is 6.07 Å². The highest BCUT2D eigenvalue weighted by atomic mass is 35.5. The minimum atomic E-state index is -0.124. The average molecular weight is 301 g/mol. The van der Waals surface area contributed by atoms with E-state index in [1.165, 1.54) is 18.9 Å². The summed E-state index contributed by atoms with van der Waals surface area (Å²) in [5, 5.41) is 3.39. The van der Waals surface area contributed by atoms with E-state index in [-0.39, 0.29) is 18.2 Å². The van der Waals surface area contributed by atoms with Gasteiger partial charge in [0.05, 0.1) is 0 Å². The van der Waals surface area contributed by atoms with Crippen LogP contribution in [0.1, 0.15) is 38.3 Å². The van der Waals surface area contributed by atoms with Gasteiger partial charge in [0.15, 0.2) is 0 Å². The first-order chi connectivity index (χ1) is 9.22. The van der Waals surface area contributed by atoms with Gasteiger partial charge in [-0.3, -0.25) is 4.90 Å². The molecule has 1 heterocycles. The quantitative estimate of drug-likeness (QED) is 0.893. The van der Waals surface area contributed by atoms with E-state index >= 15 is 0 Å². The monoisotopic (exact) mass is 300 g/mol. The minimum absolute atomic E-state index is 0. The molecule has 1 unspecified atom stereocenters. The Balaban J connectivity index is 0.00000200. The molecule has 1 saturated heterocycles. The Morgan fingerprint density at radius 3 is 2.60 bits per heavy atom. The maximum absolute atomic E-state index is 13.5. The van der Waals surface area contributed by atoms with E-state index in [0.29, 0.717) is 12.0 Å². The molecule has 4 heteroatoms. The van der Waals surface area contributed by atoms with Gasteiger partial charge in [-0.25, -0.2) is 4.39 Å². The third-order valence-corrected chi connectivity index (χ3v) is 4.02. The number of nitrogens with zero attached hydrogens (tertiary/aromatic N) is 1. The predicted molar refractivity (Wildman–Crippen MR) is 84.9 cm³/mol. The molecule has 114 valence electrons. The fraction of sp³-hybridized carbons (Fsp3) is 0.625. The highest BCUT2D eigenvalue weighted by Gasteiger charge is 2.26. The van der Waals surface area contributed by atoms with E-state index in [1.807, 2.05) is 6.07 Å². The largest absolute Gasteiger partial charge is 0.314 e. The van der Waals surface area contributed by atoms with Crippen molar-refractivity contribution in [3.8, 4) is 0 Å². The molecular weight excluding hydrogens is 275 g/mol. The molecule has 1 N–H and O–H groups in total. The lowest BCUT2D eigenvalue weighted by molar-refractivity contribution is 0.126. The van der Waals surface area contributed by atoms with Crippen LogP contribution in [-0.2, 0) is 0 Å². The molecule has 0 aliphatic carbocycles. The van der Waals surface area contributed by atoms with Crippen molar-refractivity contribution in [3.05, 3.63) is 35.6 Å². The van der Waals surface area contributed by atoms with Crippen LogP contribution in [0.25, 0.3) is 0 Å². The van der Waals surface area contributed by atoms with Gasteiger partial charge in [-0.15, -0.1) is 12.4 Å². The Morgan fingerprint density at radius 2 is 2.00 bits per heavy atom. The van der Waals surface area contributed by atoms with Gasteiger partial charge in [0.25, 0.3) is 0 Å². The van der Waals surface area contributed by atoms with Crippen LogP contribution in [0.3, 0.4) is 0 Å². The van der Waals surface area contributed by atoms with Gasteiger partial charge in [-0.2, -0.15) is 0 Å². The van der Waals surface area contributed by atoms with Crippen molar-refractivity contribution in [1.29, 1.82) is 0 Å². The maximum Gasteiger partial charge on any atom is 0.123 e. The minimum Gasteiger partial charge on any atom is -0.314 e. The predicted octanol–water partition coefficient (Wildman–Crippen LogP) is 3.63. The number of rotatable bonds is 5. The molecule has 0 aromatic heterocycles. The van der Waals surface area contributed by atoms with Crippen molar-refractivity contribution < 1.29 is 4.39 Å². The fourth-order valence-corrected chi connectivity index (χ4v) is 3.16. The molecule has 1 aromatic rings. The van der Waals surface area contributed by atoms with E-state index in [2.05, 4.69) is 30.1 Å². The smallest absolute Gasteiger partial charge is 0.123 e. The van der Waals surface area contributed by atoms with Gasteiger partial charge in [0.1, 0.15) is 5.82 Å². The lowest BCUT2D eigenvalue weighted by atomic mass is 9.89. The van der Waals surface area contributed by atoms with Crippen LogP contribution >= 0.6 is 12.4 Å². The normalized spacial score (nSPS) is 19.1.